The number of carbonyl (C=O) groups is 2. The lowest BCUT2D eigenvalue weighted by Gasteiger charge is -2.10. The van der Waals surface area contributed by atoms with Gasteiger partial charge in [0, 0.05) is 5.69 Å². The van der Waals surface area contributed by atoms with E-state index in [2.05, 4.69) is 5.32 Å². The van der Waals surface area contributed by atoms with Gasteiger partial charge >= 0.3 is 5.97 Å². The highest BCUT2D eigenvalue weighted by Gasteiger charge is 2.13. The lowest BCUT2D eigenvalue weighted by atomic mass is 10.0. The molecule has 0 heterocycles. The van der Waals surface area contributed by atoms with Crippen LogP contribution in [0.25, 0.3) is 0 Å². The van der Waals surface area contributed by atoms with Gasteiger partial charge in [0.15, 0.2) is 0 Å². The predicted octanol–water partition coefficient (Wildman–Crippen LogP) is 4.31. The van der Waals surface area contributed by atoms with E-state index in [1.165, 1.54) is 6.07 Å². The second-order valence-electron chi connectivity index (χ2n) is 5.57. The third-order valence-corrected chi connectivity index (χ3v) is 3.92. The number of ether oxygens (including phenoxy) is 1. The van der Waals surface area contributed by atoms with E-state index in [0.29, 0.717) is 10.7 Å². The van der Waals surface area contributed by atoms with Crippen LogP contribution in [0.5, 0.6) is 0 Å². The van der Waals surface area contributed by atoms with Gasteiger partial charge in [0.05, 0.1) is 23.6 Å². The number of halogens is 1. The Morgan fingerprint density at radius 2 is 1.88 bits per heavy atom. The molecule has 0 aliphatic rings. The van der Waals surface area contributed by atoms with Gasteiger partial charge in [-0.15, -0.1) is 0 Å². The first kappa shape index (κ1) is 18.0. The van der Waals surface area contributed by atoms with Crippen LogP contribution >= 0.6 is 11.6 Å². The largest absolute Gasteiger partial charge is 0.462 e. The quantitative estimate of drug-likeness (QED) is 0.821. The first-order chi connectivity index (χ1) is 11.4. The number of carbonyl (C=O) groups excluding carboxylic acids is 2. The minimum Gasteiger partial charge on any atom is -0.462 e. The van der Waals surface area contributed by atoms with Crippen molar-refractivity contribution in [3.05, 3.63) is 63.7 Å². The molecule has 24 heavy (non-hydrogen) atoms. The molecule has 0 aromatic heterocycles. The number of hydrogen-bond donors (Lipinski definition) is 1. The van der Waals surface area contributed by atoms with Crippen molar-refractivity contribution in [2.75, 3.05) is 11.9 Å². The van der Waals surface area contributed by atoms with Crippen LogP contribution in [0.1, 0.15) is 34.0 Å². The van der Waals surface area contributed by atoms with Gasteiger partial charge in [0.2, 0.25) is 5.91 Å². The molecule has 0 saturated heterocycles. The molecule has 0 atom stereocenters. The number of hydrogen-bond acceptors (Lipinski definition) is 3. The van der Waals surface area contributed by atoms with Crippen LogP contribution in [0.4, 0.5) is 5.69 Å². The Kier molecular flexibility index (Phi) is 5.99. The molecule has 0 radical (unpaired) electrons. The van der Waals surface area contributed by atoms with Crippen molar-refractivity contribution in [1.29, 1.82) is 0 Å². The lowest BCUT2D eigenvalue weighted by molar-refractivity contribution is -0.115. The smallest absolute Gasteiger partial charge is 0.339 e. The highest BCUT2D eigenvalue weighted by molar-refractivity contribution is 6.33. The van der Waals surface area contributed by atoms with Crippen LogP contribution in [0.3, 0.4) is 0 Å². The average molecular weight is 346 g/mol. The second-order valence-corrected chi connectivity index (χ2v) is 5.98. The second kappa shape index (κ2) is 7.97. The summed E-state index contributed by atoms with van der Waals surface area (Å²) in [5.41, 5.74) is 3.96. The number of amides is 1. The van der Waals surface area contributed by atoms with E-state index < -0.39 is 5.97 Å². The van der Waals surface area contributed by atoms with Gasteiger partial charge in [0.25, 0.3) is 0 Å². The number of anilines is 1. The molecule has 0 spiro atoms. The van der Waals surface area contributed by atoms with Gasteiger partial charge in [-0.1, -0.05) is 35.4 Å². The maximum absolute atomic E-state index is 12.3. The van der Waals surface area contributed by atoms with E-state index in [-0.39, 0.29) is 24.5 Å². The number of benzene rings is 2. The van der Waals surface area contributed by atoms with E-state index >= 15 is 0 Å². The Morgan fingerprint density at radius 3 is 2.54 bits per heavy atom. The number of rotatable bonds is 5. The minimum absolute atomic E-state index is 0.154. The normalized spacial score (nSPS) is 10.3. The monoisotopic (exact) mass is 345 g/mol. The molecular weight excluding hydrogens is 326 g/mol. The molecule has 0 saturated carbocycles. The third-order valence-electron chi connectivity index (χ3n) is 3.59. The van der Waals surface area contributed by atoms with E-state index in [9.17, 15) is 9.59 Å². The van der Waals surface area contributed by atoms with Crippen LogP contribution in [0, 0.1) is 13.8 Å². The van der Waals surface area contributed by atoms with Crippen molar-refractivity contribution in [1.82, 2.24) is 0 Å². The molecule has 0 unspecified atom stereocenters. The lowest BCUT2D eigenvalue weighted by Crippen LogP contribution is -2.16. The Labute approximate surface area is 146 Å². The van der Waals surface area contributed by atoms with Crippen LogP contribution in [0.2, 0.25) is 5.02 Å². The summed E-state index contributed by atoms with van der Waals surface area (Å²) in [5, 5.41) is 3.08. The average Bonchev–Trinajstić information content (AvgIpc) is 2.52. The zero-order valence-corrected chi connectivity index (χ0v) is 14.7. The SMILES string of the molecule is CCOC(=O)c1cc(NC(=O)Cc2ccc(C)cc2C)ccc1Cl. The Bertz CT molecular complexity index is 771. The summed E-state index contributed by atoms with van der Waals surface area (Å²) in [4.78, 5) is 24.1. The van der Waals surface area contributed by atoms with Gasteiger partial charge in [0.1, 0.15) is 0 Å². The first-order valence-electron chi connectivity index (χ1n) is 7.73. The molecule has 0 aliphatic heterocycles. The van der Waals surface area contributed by atoms with Crippen molar-refractivity contribution in [2.45, 2.75) is 27.2 Å². The van der Waals surface area contributed by atoms with E-state index in [4.69, 9.17) is 16.3 Å². The van der Waals surface area contributed by atoms with E-state index in [0.717, 1.165) is 16.7 Å². The van der Waals surface area contributed by atoms with Gasteiger partial charge in [-0.25, -0.2) is 4.79 Å². The summed E-state index contributed by atoms with van der Waals surface area (Å²) < 4.78 is 4.96. The van der Waals surface area contributed by atoms with Crippen molar-refractivity contribution >= 4 is 29.2 Å². The molecule has 2 aromatic carbocycles. The van der Waals surface area contributed by atoms with Crippen LogP contribution < -0.4 is 5.32 Å². The fraction of sp³-hybridized carbons (Fsp3) is 0.263. The fourth-order valence-electron chi connectivity index (χ4n) is 2.39. The molecule has 0 aliphatic carbocycles. The summed E-state index contributed by atoms with van der Waals surface area (Å²) in [6.45, 7) is 5.98. The van der Waals surface area contributed by atoms with Crippen LogP contribution in [0.15, 0.2) is 36.4 Å². The first-order valence-corrected chi connectivity index (χ1v) is 8.11. The van der Waals surface area contributed by atoms with Crippen LogP contribution in [-0.2, 0) is 16.0 Å². The van der Waals surface area contributed by atoms with Gasteiger partial charge in [-0.05, 0) is 50.1 Å². The Hall–Kier alpha value is -2.33. The summed E-state index contributed by atoms with van der Waals surface area (Å²) >= 11 is 6.02. The van der Waals surface area contributed by atoms with Crippen molar-refractivity contribution < 1.29 is 14.3 Å². The Balaban J connectivity index is 2.11. The zero-order valence-electron chi connectivity index (χ0n) is 14.0. The molecule has 2 rings (SSSR count). The van der Waals surface area contributed by atoms with Crippen molar-refractivity contribution in [3.8, 4) is 0 Å². The molecule has 1 N–H and O–H groups in total. The minimum atomic E-state index is -0.507. The van der Waals surface area contributed by atoms with Gasteiger partial charge in [-0.2, -0.15) is 0 Å². The Morgan fingerprint density at radius 1 is 1.12 bits per heavy atom. The van der Waals surface area contributed by atoms with Crippen molar-refractivity contribution in [2.24, 2.45) is 0 Å². The summed E-state index contributed by atoms with van der Waals surface area (Å²) in [6, 6.07) is 10.7. The molecular formula is C19H20ClNO3. The molecule has 2 aromatic rings. The highest BCUT2D eigenvalue weighted by Crippen LogP contribution is 2.22. The number of aryl methyl sites for hydroxylation is 2. The summed E-state index contributed by atoms with van der Waals surface area (Å²) in [6.07, 6.45) is 0.267. The highest BCUT2D eigenvalue weighted by atomic mass is 35.5. The summed E-state index contributed by atoms with van der Waals surface area (Å²) in [5.74, 6) is -0.660. The molecule has 0 fully saturated rings. The maximum Gasteiger partial charge on any atom is 0.339 e. The maximum atomic E-state index is 12.3. The molecule has 1 amide bonds. The number of esters is 1. The van der Waals surface area contributed by atoms with Crippen LogP contribution in [-0.4, -0.2) is 18.5 Å². The molecule has 0 bridgehead atoms. The van der Waals surface area contributed by atoms with E-state index in [1.807, 2.05) is 32.0 Å². The zero-order chi connectivity index (χ0) is 17.7. The fourth-order valence-corrected chi connectivity index (χ4v) is 2.59. The standard InChI is InChI=1S/C19H20ClNO3/c1-4-24-19(23)16-11-15(7-8-17(16)20)21-18(22)10-14-6-5-12(2)9-13(14)3/h5-9,11H,4,10H2,1-3H3,(H,21,22). The van der Waals surface area contributed by atoms with E-state index in [1.54, 1.807) is 19.1 Å². The molecule has 4 nitrogen and oxygen atoms in total. The van der Waals surface area contributed by atoms with Gasteiger partial charge < -0.3 is 10.1 Å². The van der Waals surface area contributed by atoms with Gasteiger partial charge in [-0.3, -0.25) is 4.79 Å². The third kappa shape index (κ3) is 4.59. The number of nitrogens with one attached hydrogen (secondary N) is 1. The molecule has 126 valence electrons. The molecule has 5 heteroatoms. The summed E-state index contributed by atoms with van der Waals surface area (Å²) in [7, 11) is 0. The topological polar surface area (TPSA) is 55.4 Å². The predicted molar refractivity (Wildman–Crippen MR) is 95.7 cm³/mol. The van der Waals surface area contributed by atoms with Crippen molar-refractivity contribution in [3.63, 3.8) is 0 Å².